The first-order chi connectivity index (χ1) is 12.2. The topological polar surface area (TPSA) is 12.0 Å². The molecule has 0 aromatic heterocycles. The van der Waals surface area contributed by atoms with E-state index in [-0.39, 0.29) is 0 Å². The summed E-state index contributed by atoms with van der Waals surface area (Å²) in [6.07, 6.45) is 18.2. The van der Waals surface area contributed by atoms with Crippen molar-refractivity contribution in [2.75, 3.05) is 11.9 Å². The Kier molecular flexibility index (Phi) is 8.85. The number of hydrogen-bond acceptors (Lipinski definition) is 1. The molecule has 2 rings (SSSR count). The van der Waals surface area contributed by atoms with Crippen LogP contribution in [-0.4, -0.2) is 6.54 Å². The summed E-state index contributed by atoms with van der Waals surface area (Å²) in [7, 11) is 0. The Morgan fingerprint density at radius 3 is 2.36 bits per heavy atom. The summed E-state index contributed by atoms with van der Waals surface area (Å²) in [4.78, 5) is 0. The Morgan fingerprint density at radius 2 is 1.68 bits per heavy atom. The Balaban J connectivity index is 1.91. The van der Waals surface area contributed by atoms with E-state index in [9.17, 15) is 0 Å². The molecule has 1 aromatic rings. The molecule has 1 N–H and O–H groups in total. The summed E-state index contributed by atoms with van der Waals surface area (Å²) in [6, 6.07) is 7.10. The highest BCUT2D eigenvalue weighted by Crippen LogP contribution is 2.44. The van der Waals surface area contributed by atoms with Gasteiger partial charge in [0.15, 0.2) is 0 Å². The summed E-state index contributed by atoms with van der Waals surface area (Å²) in [5.74, 6) is 0. The second kappa shape index (κ2) is 10.9. The number of anilines is 1. The normalized spacial score (nSPS) is 16.8. The van der Waals surface area contributed by atoms with Crippen LogP contribution >= 0.6 is 0 Å². The zero-order valence-corrected chi connectivity index (χ0v) is 17.1. The average Bonchev–Trinajstić information content (AvgIpc) is 2.63. The molecular formula is C24H41N. The minimum absolute atomic E-state index is 0.652. The second-order valence-corrected chi connectivity index (χ2v) is 8.45. The molecule has 1 aromatic carbocycles. The average molecular weight is 344 g/mol. The van der Waals surface area contributed by atoms with Crippen LogP contribution < -0.4 is 5.32 Å². The maximum atomic E-state index is 3.59. The smallest absolute Gasteiger partial charge is 0.0370 e. The van der Waals surface area contributed by atoms with E-state index in [4.69, 9.17) is 0 Å². The van der Waals surface area contributed by atoms with Crippen molar-refractivity contribution in [1.82, 2.24) is 0 Å². The summed E-state index contributed by atoms with van der Waals surface area (Å²) in [5, 5.41) is 3.59. The van der Waals surface area contributed by atoms with Gasteiger partial charge in [0.2, 0.25) is 0 Å². The van der Waals surface area contributed by atoms with Gasteiger partial charge >= 0.3 is 0 Å². The third kappa shape index (κ3) is 6.68. The number of nitrogens with one attached hydrogen (secondary N) is 1. The molecule has 0 spiro atoms. The van der Waals surface area contributed by atoms with Gasteiger partial charge in [-0.3, -0.25) is 0 Å². The highest BCUT2D eigenvalue weighted by molar-refractivity contribution is 5.52. The zero-order valence-electron chi connectivity index (χ0n) is 17.1. The summed E-state index contributed by atoms with van der Waals surface area (Å²) in [6.45, 7) is 7.93. The molecular weight excluding hydrogens is 302 g/mol. The molecule has 0 unspecified atom stereocenters. The molecule has 0 amide bonds. The lowest BCUT2D eigenvalue weighted by atomic mass is 9.68. The lowest BCUT2D eigenvalue weighted by Gasteiger charge is -2.38. The number of unbranched alkanes of at least 4 members (excludes halogenated alkanes) is 3. The van der Waals surface area contributed by atoms with Gasteiger partial charge in [0.1, 0.15) is 0 Å². The molecule has 142 valence electrons. The quantitative estimate of drug-likeness (QED) is 0.406. The molecule has 0 aliphatic heterocycles. The highest BCUT2D eigenvalue weighted by Gasteiger charge is 2.30. The van der Waals surface area contributed by atoms with Crippen molar-refractivity contribution in [2.24, 2.45) is 5.41 Å². The molecule has 1 aliphatic carbocycles. The van der Waals surface area contributed by atoms with Gasteiger partial charge in [-0.15, -0.1) is 0 Å². The fourth-order valence-electron chi connectivity index (χ4n) is 4.57. The second-order valence-electron chi connectivity index (χ2n) is 8.45. The third-order valence-corrected chi connectivity index (χ3v) is 6.31. The molecule has 1 fully saturated rings. The first-order valence-corrected chi connectivity index (χ1v) is 11.0. The first-order valence-electron chi connectivity index (χ1n) is 11.0. The number of benzene rings is 1. The SMILES string of the molecule is CCCCCC1(CCc2ccc(NCCCC)c(C)c2)CCCCC1. The van der Waals surface area contributed by atoms with Crippen LogP contribution in [0, 0.1) is 12.3 Å². The van der Waals surface area contributed by atoms with Crippen molar-refractivity contribution < 1.29 is 0 Å². The Morgan fingerprint density at radius 1 is 0.920 bits per heavy atom. The molecule has 0 radical (unpaired) electrons. The van der Waals surface area contributed by atoms with Gasteiger partial charge in [-0.05, 0) is 68.1 Å². The van der Waals surface area contributed by atoms with Crippen molar-refractivity contribution in [3.63, 3.8) is 0 Å². The van der Waals surface area contributed by atoms with Crippen LogP contribution in [-0.2, 0) is 6.42 Å². The Hall–Kier alpha value is -0.980. The van der Waals surface area contributed by atoms with E-state index < -0.39 is 0 Å². The predicted octanol–water partition coefficient (Wildman–Crippen LogP) is 7.67. The molecule has 1 aliphatic rings. The van der Waals surface area contributed by atoms with Crippen LogP contribution in [0.3, 0.4) is 0 Å². The Bertz CT molecular complexity index is 485. The van der Waals surface area contributed by atoms with E-state index >= 15 is 0 Å². The molecule has 1 saturated carbocycles. The minimum Gasteiger partial charge on any atom is -0.385 e. The van der Waals surface area contributed by atoms with E-state index in [0.29, 0.717) is 5.41 Å². The van der Waals surface area contributed by atoms with Crippen molar-refractivity contribution in [2.45, 2.75) is 104 Å². The van der Waals surface area contributed by atoms with Crippen LogP contribution in [0.25, 0.3) is 0 Å². The van der Waals surface area contributed by atoms with E-state index in [1.165, 1.54) is 94.7 Å². The Labute approximate surface area is 157 Å². The van der Waals surface area contributed by atoms with E-state index in [2.05, 4.69) is 44.3 Å². The molecule has 1 heteroatoms. The van der Waals surface area contributed by atoms with Crippen molar-refractivity contribution in [3.05, 3.63) is 29.3 Å². The van der Waals surface area contributed by atoms with E-state index in [1.807, 2.05) is 0 Å². The predicted molar refractivity (Wildman–Crippen MR) is 113 cm³/mol. The molecule has 1 nitrogen and oxygen atoms in total. The van der Waals surface area contributed by atoms with Crippen molar-refractivity contribution >= 4 is 5.69 Å². The van der Waals surface area contributed by atoms with Crippen LogP contribution in [0.4, 0.5) is 5.69 Å². The lowest BCUT2D eigenvalue weighted by molar-refractivity contribution is 0.152. The fraction of sp³-hybridized carbons (Fsp3) is 0.750. The first kappa shape index (κ1) is 20.3. The molecule has 0 saturated heterocycles. The minimum atomic E-state index is 0.652. The number of aryl methyl sites for hydroxylation is 2. The van der Waals surface area contributed by atoms with Gasteiger partial charge in [-0.25, -0.2) is 0 Å². The summed E-state index contributed by atoms with van der Waals surface area (Å²) >= 11 is 0. The summed E-state index contributed by atoms with van der Waals surface area (Å²) in [5.41, 5.74) is 4.93. The van der Waals surface area contributed by atoms with Gasteiger partial charge < -0.3 is 5.32 Å². The van der Waals surface area contributed by atoms with Gasteiger partial charge in [0.25, 0.3) is 0 Å². The molecule has 25 heavy (non-hydrogen) atoms. The highest BCUT2D eigenvalue weighted by atomic mass is 14.9. The molecule has 0 bridgehead atoms. The zero-order chi connectivity index (χ0) is 18.0. The van der Waals surface area contributed by atoms with Crippen LogP contribution in [0.15, 0.2) is 18.2 Å². The molecule has 0 atom stereocenters. The van der Waals surface area contributed by atoms with E-state index in [1.54, 1.807) is 5.56 Å². The van der Waals surface area contributed by atoms with Crippen molar-refractivity contribution in [1.29, 1.82) is 0 Å². The van der Waals surface area contributed by atoms with Gasteiger partial charge in [0, 0.05) is 12.2 Å². The number of hydrogen-bond donors (Lipinski definition) is 1. The van der Waals surface area contributed by atoms with Crippen LogP contribution in [0.2, 0.25) is 0 Å². The molecule has 0 heterocycles. The largest absolute Gasteiger partial charge is 0.385 e. The number of rotatable bonds is 11. The van der Waals surface area contributed by atoms with Crippen LogP contribution in [0.5, 0.6) is 0 Å². The lowest BCUT2D eigenvalue weighted by Crippen LogP contribution is -2.25. The third-order valence-electron chi connectivity index (χ3n) is 6.31. The monoisotopic (exact) mass is 343 g/mol. The fourth-order valence-corrected chi connectivity index (χ4v) is 4.57. The maximum absolute atomic E-state index is 3.59. The van der Waals surface area contributed by atoms with Crippen LogP contribution in [0.1, 0.15) is 102 Å². The maximum Gasteiger partial charge on any atom is 0.0370 e. The van der Waals surface area contributed by atoms with Gasteiger partial charge in [0.05, 0.1) is 0 Å². The summed E-state index contributed by atoms with van der Waals surface area (Å²) < 4.78 is 0. The van der Waals surface area contributed by atoms with Gasteiger partial charge in [-0.1, -0.05) is 70.9 Å². The standard InChI is InChI=1S/C24H41N/c1-4-6-9-15-24(16-10-8-11-17-24)18-14-22-12-13-23(21(3)20-22)25-19-7-5-2/h12-13,20,25H,4-11,14-19H2,1-3H3. The van der Waals surface area contributed by atoms with E-state index in [0.717, 1.165) is 6.54 Å². The van der Waals surface area contributed by atoms with Gasteiger partial charge in [-0.2, -0.15) is 0 Å². The van der Waals surface area contributed by atoms with Crippen molar-refractivity contribution in [3.8, 4) is 0 Å².